The van der Waals surface area contributed by atoms with Crippen LogP contribution in [0.15, 0.2) is 72.3 Å². The first-order chi connectivity index (χ1) is 15.0. The van der Waals surface area contributed by atoms with Crippen LogP contribution in [0.3, 0.4) is 0 Å². The minimum Gasteiger partial charge on any atom is -0.497 e. The van der Waals surface area contributed by atoms with Gasteiger partial charge in [-0.05, 0) is 55.8 Å². The fraction of sp³-hybridized carbons (Fsp3) is 0.154. The first kappa shape index (κ1) is 21.7. The van der Waals surface area contributed by atoms with E-state index in [1.807, 2.05) is 44.2 Å². The van der Waals surface area contributed by atoms with Crippen molar-refractivity contribution >= 4 is 17.7 Å². The Hall–Kier alpha value is -4.04. The molecule has 31 heavy (non-hydrogen) atoms. The lowest BCUT2D eigenvalue weighted by Crippen LogP contribution is -2.13. The summed E-state index contributed by atoms with van der Waals surface area (Å²) in [6, 6.07) is 22.5. The van der Waals surface area contributed by atoms with Crippen LogP contribution in [0.4, 0.5) is 5.69 Å². The number of ether oxygens (including phenoxy) is 2. The van der Waals surface area contributed by atoms with Gasteiger partial charge in [-0.1, -0.05) is 47.5 Å². The summed E-state index contributed by atoms with van der Waals surface area (Å²) in [5.74, 6) is 0.798. The monoisotopic (exact) mass is 412 g/mol. The number of methoxy groups -OCH3 is 1. The predicted molar refractivity (Wildman–Crippen MR) is 122 cm³/mol. The molecule has 3 rings (SSSR count). The van der Waals surface area contributed by atoms with E-state index in [1.54, 1.807) is 31.4 Å². The number of nitrogens with zero attached hydrogens (tertiary/aromatic N) is 1. The molecule has 0 aliphatic carbocycles. The number of rotatable bonds is 7. The number of aryl methyl sites for hydroxylation is 2. The maximum atomic E-state index is 12.6. The molecule has 156 valence electrons. The van der Waals surface area contributed by atoms with Gasteiger partial charge in [-0.2, -0.15) is 5.26 Å². The summed E-state index contributed by atoms with van der Waals surface area (Å²) in [6.45, 7) is 4.49. The Labute approximate surface area is 182 Å². The molecular formula is C26H24N2O3. The number of carbonyl (C=O) groups is 1. The zero-order chi connectivity index (χ0) is 22.2. The maximum Gasteiger partial charge on any atom is 0.266 e. The Bertz CT molecular complexity index is 1120. The molecule has 5 nitrogen and oxygen atoms in total. The largest absolute Gasteiger partial charge is 0.497 e. The average molecular weight is 412 g/mol. The van der Waals surface area contributed by atoms with Gasteiger partial charge in [0, 0.05) is 11.3 Å². The highest BCUT2D eigenvalue weighted by Gasteiger charge is 2.12. The van der Waals surface area contributed by atoms with Crippen LogP contribution in [0.1, 0.15) is 22.3 Å². The molecule has 1 N–H and O–H groups in total. The highest BCUT2D eigenvalue weighted by molar-refractivity contribution is 6.09. The van der Waals surface area contributed by atoms with Gasteiger partial charge in [0.2, 0.25) is 0 Å². The first-order valence-corrected chi connectivity index (χ1v) is 9.84. The average Bonchev–Trinajstić information content (AvgIpc) is 2.76. The van der Waals surface area contributed by atoms with Crippen molar-refractivity contribution in [2.45, 2.75) is 20.5 Å². The molecule has 0 aliphatic rings. The molecule has 0 unspecified atom stereocenters. The smallest absolute Gasteiger partial charge is 0.266 e. The molecule has 0 spiro atoms. The van der Waals surface area contributed by atoms with Crippen molar-refractivity contribution < 1.29 is 14.3 Å². The second kappa shape index (κ2) is 10.1. The number of benzene rings is 3. The third kappa shape index (κ3) is 5.97. The SMILES string of the molecule is COc1ccc(NC(=O)/C(C#N)=C/c2ccccc2OCc2cc(C)cc(C)c2)cc1. The Balaban J connectivity index is 1.77. The first-order valence-electron chi connectivity index (χ1n) is 9.84. The zero-order valence-electron chi connectivity index (χ0n) is 17.8. The molecule has 0 atom stereocenters. The van der Waals surface area contributed by atoms with Gasteiger partial charge in [-0.3, -0.25) is 4.79 Å². The summed E-state index contributed by atoms with van der Waals surface area (Å²) in [5, 5.41) is 12.3. The summed E-state index contributed by atoms with van der Waals surface area (Å²) in [5.41, 5.74) is 4.63. The molecule has 0 aliphatic heterocycles. The normalized spacial score (nSPS) is 10.8. The number of anilines is 1. The fourth-order valence-corrected chi connectivity index (χ4v) is 3.22. The molecule has 0 heterocycles. The molecule has 5 heteroatoms. The fourth-order valence-electron chi connectivity index (χ4n) is 3.22. The van der Waals surface area contributed by atoms with Gasteiger partial charge >= 0.3 is 0 Å². The van der Waals surface area contributed by atoms with E-state index in [4.69, 9.17) is 9.47 Å². The molecular weight excluding hydrogens is 388 g/mol. The van der Waals surface area contributed by atoms with E-state index in [2.05, 4.69) is 23.5 Å². The van der Waals surface area contributed by atoms with Crippen molar-refractivity contribution in [3.8, 4) is 17.6 Å². The van der Waals surface area contributed by atoms with Crippen LogP contribution >= 0.6 is 0 Å². The van der Waals surface area contributed by atoms with Gasteiger partial charge in [-0.25, -0.2) is 0 Å². The van der Waals surface area contributed by atoms with Gasteiger partial charge in [-0.15, -0.1) is 0 Å². The Morgan fingerprint density at radius 2 is 1.71 bits per heavy atom. The van der Waals surface area contributed by atoms with Crippen LogP contribution in [0.2, 0.25) is 0 Å². The number of hydrogen-bond acceptors (Lipinski definition) is 4. The van der Waals surface area contributed by atoms with Gasteiger partial charge in [0.25, 0.3) is 5.91 Å². The number of para-hydroxylation sites is 1. The molecule has 0 saturated carbocycles. The topological polar surface area (TPSA) is 71.3 Å². The lowest BCUT2D eigenvalue weighted by Gasteiger charge is -2.11. The van der Waals surface area contributed by atoms with Crippen molar-refractivity contribution in [3.63, 3.8) is 0 Å². The summed E-state index contributed by atoms with van der Waals surface area (Å²) in [7, 11) is 1.57. The quantitative estimate of drug-likeness (QED) is 0.414. The van der Waals surface area contributed by atoms with E-state index in [-0.39, 0.29) is 5.57 Å². The van der Waals surface area contributed by atoms with E-state index in [0.29, 0.717) is 29.4 Å². The van der Waals surface area contributed by atoms with Crippen LogP contribution in [0.5, 0.6) is 11.5 Å². The van der Waals surface area contributed by atoms with Crippen molar-refractivity contribution in [1.29, 1.82) is 5.26 Å². The van der Waals surface area contributed by atoms with E-state index >= 15 is 0 Å². The van der Waals surface area contributed by atoms with Crippen LogP contribution in [0.25, 0.3) is 6.08 Å². The molecule has 0 fully saturated rings. The van der Waals surface area contributed by atoms with Crippen molar-refractivity contribution in [2.24, 2.45) is 0 Å². The van der Waals surface area contributed by atoms with Crippen molar-refractivity contribution in [2.75, 3.05) is 12.4 Å². The predicted octanol–water partition coefficient (Wildman–Crippen LogP) is 5.44. The second-order valence-electron chi connectivity index (χ2n) is 7.17. The standard InChI is InChI=1S/C26H24N2O3/c1-18-12-19(2)14-20(13-18)17-31-25-7-5-4-6-21(25)15-22(16-27)26(29)28-23-8-10-24(30-3)11-9-23/h4-15H,17H2,1-3H3,(H,28,29)/b22-15+. The number of nitriles is 1. The minimum atomic E-state index is -0.489. The third-order valence-electron chi connectivity index (χ3n) is 4.61. The van der Waals surface area contributed by atoms with Crippen LogP contribution in [-0.4, -0.2) is 13.0 Å². The van der Waals surface area contributed by atoms with E-state index in [9.17, 15) is 10.1 Å². The van der Waals surface area contributed by atoms with E-state index in [0.717, 1.165) is 5.56 Å². The summed E-state index contributed by atoms with van der Waals surface area (Å²) in [4.78, 5) is 12.6. The molecule has 0 aromatic heterocycles. The summed E-state index contributed by atoms with van der Waals surface area (Å²) < 4.78 is 11.1. The van der Waals surface area contributed by atoms with Crippen molar-refractivity contribution in [1.82, 2.24) is 0 Å². The van der Waals surface area contributed by atoms with Gasteiger partial charge in [0.05, 0.1) is 7.11 Å². The minimum absolute atomic E-state index is 0.0155. The number of nitrogens with one attached hydrogen (secondary N) is 1. The van der Waals surface area contributed by atoms with Crippen LogP contribution in [0, 0.1) is 25.2 Å². The lowest BCUT2D eigenvalue weighted by molar-refractivity contribution is -0.112. The summed E-state index contributed by atoms with van der Waals surface area (Å²) >= 11 is 0. The molecule has 0 radical (unpaired) electrons. The Morgan fingerprint density at radius 1 is 1.03 bits per heavy atom. The Kier molecular flexibility index (Phi) is 7.08. The third-order valence-corrected chi connectivity index (χ3v) is 4.61. The summed E-state index contributed by atoms with van der Waals surface area (Å²) in [6.07, 6.45) is 1.54. The molecule has 0 saturated heterocycles. The maximum absolute atomic E-state index is 12.6. The van der Waals surface area contributed by atoms with Crippen LogP contribution in [-0.2, 0) is 11.4 Å². The van der Waals surface area contributed by atoms with Gasteiger partial charge in [0.15, 0.2) is 0 Å². The van der Waals surface area contributed by atoms with Crippen molar-refractivity contribution in [3.05, 3.63) is 94.6 Å². The molecule has 3 aromatic rings. The number of carbonyl (C=O) groups excluding carboxylic acids is 1. The van der Waals surface area contributed by atoms with Gasteiger partial charge < -0.3 is 14.8 Å². The van der Waals surface area contributed by atoms with E-state index in [1.165, 1.54) is 17.2 Å². The van der Waals surface area contributed by atoms with Crippen LogP contribution < -0.4 is 14.8 Å². The van der Waals surface area contributed by atoms with Gasteiger partial charge in [0.1, 0.15) is 29.7 Å². The molecule has 3 aromatic carbocycles. The zero-order valence-corrected chi connectivity index (χ0v) is 17.8. The highest BCUT2D eigenvalue weighted by atomic mass is 16.5. The number of hydrogen-bond donors (Lipinski definition) is 1. The number of amides is 1. The highest BCUT2D eigenvalue weighted by Crippen LogP contribution is 2.23. The lowest BCUT2D eigenvalue weighted by atomic mass is 10.1. The molecule has 1 amide bonds. The molecule has 0 bridgehead atoms. The Morgan fingerprint density at radius 3 is 2.35 bits per heavy atom. The van der Waals surface area contributed by atoms with E-state index < -0.39 is 5.91 Å². The second-order valence-corrected chi connectivity index (χ2v) is 7.17.